The lowest BCUT2D eigenvalue weighted by Gasteiger charge is -2.22. The van der Waals surface area contributed by atoms with Crippen LogP contribution < -0.4 is 16.6 Å². The number of hydrogen-bond donors (Lipinski definition) is 4. The lowest BCUT2D eigenvalue weighted by molar-refractivity contribution is 0.0818. The number of aliphatic hydroxyl groups excluding tert-OH is 1. The fourth-order valence-corrected chi connectivity index (χ4v) is 2.68. The van der Waals surface area contributed by atoms with E-state index in [2.05, 4.69) is 10.7 Å². The molecule has 0 bridgehead atoms. The Labute approximate surface area is 119 Å². The van der Waals surface area contributed by atoms with Crippen LogP contribution in [0.5, 0.6) is 0 Å². The first-order chi connectivity index (χ1) is 9.61. The second kappa shape index (κ2) is 6.72. The Balaban J connectivity index is 2.05. The summed E-state index contributed by atoms with van der Waals surface area (Å²) in [6.45, 7) is 1.90. The minimum absolute atomic E-state index is 0.136. The molecular weight excluding hydrogens is 254 g/mol. The van der Waals surface area contributed by atoms with Crippen molar-refractivity contribution in [2.45, 2.75) is 51.2 Å². The van der Waals surface area contributed by atoms with Crippen molar-refractivity contribution in [3.05, 3.63) is 29.3 Å². The number of nitrogen functional groups attached to an aromatic ring is 1. The summed E-state index contributed by atoms with van der Waals surface area (Å²) in [7, 11) is 0. The van der Waals surface area contributed by atoms with Crippen LogP contribution in [0.2, 0.25) is 0 Å². The third-order valence-electron chi connectivity index (χ3n) is 3.94. The molecule has 5 nitrogen and oxygen atoms in total. The Bertz CT molecular complexity index is 476. The zero-order valence-electron chi connectivity index (χ0n) is 11.9. The first-order valence-electron chi connectivity index (χ1n) is 7.18. The monoisotopic (exact) mass is 277 g/mol. The van der Waals surface area contributed by atoms with Gasteiger partial charge in [0.25, 0.3) is 5.91 Å². The van der Waals surface area contributed by atoms with E-state index in [-0.39, 0.29) is 11.9 Å². The molecule has 2 unspecified atom stereocenters. The van der Waals surface area contributed by atoms with Gasteiger partial charge in [-0.25, -0.2) is 0 Å². The number of benzene rings is 1. The molecule has 5 heteroatoms. The number of hydrogen-bond acceptors (Lipinski definition) is 4. The summed E-state index contributed by atoms with van der Waals surface area (Å²) in [6.07, 6.45) is 4.38. The van der Waals surface area contributed by atoms with E-state index in [4.69, 9.17) is 5.84 Å². The number of aliphatic hydroxyl groups is 1. The van der Waals surface area contributed by atoms with Crippen LogP contribution in [0.3, 0.4) is 0 Å². The normalized spacial score (nSPS) is 22.9. The van der Waals surface area contributed by atoms with Crippen LogP contribution >= 0.6 is 0 Å². The van der Waals surface area contributed by atoms with Crippen LogP contribution in [0.1, 0.15) is 48.0 Å². The summed E-state index contributed by atoms with van der Waals surface area (Å²) in [5.41, 5.74) is 4.90. The molecule has 1 aliphatic carbocycles. The number of carbonyl (C=O) groups excluding carboxylic acids is 1. The summed E-state index contributed by atoms with van der Waals surface area (Å²) < 4.78 is 0. The van der Waals surface area contributed by atoms with E-state index in [1.807, 2.05) is 6.92 Å². The zero-order valence-corrected chi connectivity index (χ0v) is 11.9. The van der Waals surface area contributed by atoms with Gasteiger partial charge in [0.05, 0.1) is 17.8 Å². The summed E-state index contributed by atoms with van der Waals surface area (Å²) in [4.78, 5) is 12.2. The average Bonchev–Trinajstić information content (AvgIpc) is 2.64. The predicted molar refractivity (Wildman–Crippen MR) is 79.3 cm³/mol. The fourth-order valence-electron chi connectivity index (χ4n) is 2.68. The highest BCUT2D eigenvalue weighted by Crippen LogP contribution is 2.19. The molecule has 20 heavy (non-hydrogen) atoms. The topological polar surface area (TPSA) is 87.4 Å². The van der Waals surface area contributed by atoms with E-state index >= 15 is 0 Å². The molecule has 0 saturated heterocycles. The highest BCUT2D eigenvalue weighted by molar-refractivity contribution is 5.95. The van der Waals surface area contributed by atoms with Crippen molar-refractivity contribution in [1.82, 2.24) is 5.32 Å². The molecule has 1 saturated carbocycles. The lowest BCUT2D eigenvalue weighted by atomic mass is 10.0. The molecular formula is C15H23N3O2. The molecule has 2 rings (SSSR count). The van der Waals surface area contributed by atoms with E-state index < -0.39 is 6.10 Å². The number of nitrogens with one attached hydrogen (secondary N) is 2. The number of aryl methyl sites for hydroxylation is 1. The van der Waals surface area contributed by atoms with Crippen LogP contribution in [0.4, 0.5) is 5.69 Å². The standard InChI is InChI=1S/C15H23N3O2/c1-10-9-11(7-8-12(10)18-16)15(20)17-13-5-3-2-4-6-14(13)19/h7-9,13-14,18-19H,2-6,16H2,1H3,(H,17,20). The molecule has 0 spiro atoms. The second-order valence-corrected chi connectivity index (χ2v) is 5.46. The van der Waals surface area contributed by atoms with Gasteiger partial charge in [0.1, 0.15) is 0 Å². The second-order valence-electron chi connectivity index (χ2n) is 5.46. The maximum atomic E-state index is 12.2. The number of nitrogens with two attached hydrogens (primary N) is 1. The highest BCUT2D eigenvalue weighted by Gasteiger charge is 2.23. The first kappa shape index (κ1) is 14.8. The van der Waals surface area contributed by atoms with Gasteiger partial charge in [-0.05, 0) is 43.5 Å². The van der Waals surface area contributed by atoms with Gasteiger partial charge < -0.3 is 15.8 Å². The molecule has 1 aromatic carbocycles. The Morgan fingerprint density at radius 2 is 2.05 bits per heavy atom. The fraction of sp³-hybridized carbons (Fsp3) is 0.533. The van der Waals surface area contributed by atoms with Gasteiger partial charge in [0.2, 0.25) is 0 Å². The highest BCUT2D eigenvalue weighted by atomic mass is 16.3. The summed E-state index contributed by atoms with van der Waals surface area (Å²) >= 11 is 0. The van der Waals surface area contributed by atoms with Gasteiger partial charge in [0, 0.05) is 5.56 Å². The van der Waals surface area contributed by atoms with Crippen molar-refractivity contribution in [1.29, 1.82) is 0 Å². The van der Waals surface area contributed by atoms with Crippen LogP contribution in [0, 0.1) is 6.92 Å². The van der Waals surface area contributed by atoms with E-state index in [9.17, 15) is 9.90 Å². The Morgan fingerprint density at radius 3 is 2.75 bits per heavy atom. The minimum Gasteiger partial charge on any atom is -0.391 e. The van der Waals surface area contributed by atoms with E-state index in [0.29, 0.717) is 5.56 Å². The number of carbonyl (C=O) groups is 1. The first-order valence-corrected chi connectivity index (χ1v) is 7.18. The van der Waals surface area contributed by atoms with Crippen molar-refractivity contribution in [3.8, 4) is 0 Å². The molecule has 2 atom stereocenters. The SMILES string of the molecule is Cc1cc(C(=O)NC2CCCCCC2O)ccc1NN. The lowest BCUT2D eigenvalue weighted by Crippen LogP contribution is -2.42. The van der Waals surface area contributed by atoms with Crippen molar-refractivity contribution in [3.63, 3.8) is 0 Å². The summed E-state index contributed by atoms with van der Waals surface area (Å²) in [6, 6.07) is 5.18. The van der Waals surface area contributed by atoms with Crippen LogP contribution in [0.15, 0.2) is 18.2 Å². The summed E-state index contributed by atoms with van der Waals surface area (Å²) in [5, 5.41) is 13.0. The van der Waals surface area contributed by atoms with E-state index in [1.165, 1.54) is 0 Å². The van der Waals surface area contributed by atoms with E-state index in [0.717, 1.165) is 43.4 Å². The smallest absolute Gasteiger partial charge is 0.251 e. The molecule has 5 N–H and O–H groups in total. The van der Waals surface area contributed by atoms with Crippen LogP contribution in [0.25, 0.3) is 0 Å². The molecule has 0 radical (unpaired) electrons. The van der Waals surface area contributed by atoms with E-state index in [1.54, 1.807) is 18.2 Å². The van der Waals surface area contributed by atoms with Crippen LogP contribution in [-0.2, 0) is 0 Å². The van der Waals surface area contributed by atoms with Crippen molar-refractivity contribution in [2.24, 2.45) is 5.84 Å². The zero-order chi connectivity index (χ0) is 14.5. The van der Waals surface area contributed by atoms with Gasteiger partial charge in [-0.1, -0.05) is 19.3 Å². The molecule has 1 aromatic rings. The van der Waals surface area contributed by atoms with Crippen molar-refractivity contribution in [2.75, 3.05) is 5.43 Å². The van der Waals surface area contributed by atoms with Crippen LogP contribution in [-0.4, -0.2) is 23.2 Å². The molecule has 1 aliphatic rings. The number of anilines is 1. The van der Waals surface area contributed by atoms with Gasteiger partial charge in [-0.2, -0.15) is 0 Å². The molecule has 0 aromatic heterocycles. The number of hydrazine groups is 1. The Hall–Kier alpha value is -1.59. The molecule has 0 heterocycles. The Morgan fingerprint density at radius 1 is 1.30 bits per heavy atom. The third kappa shape index (κ3) is 3.49. The van der Waals surface area contributed by atoms with Gasteiger partial charge in [-0.3, -0.25) is 10.6 Å². The quantitative estimate of drug-likeness (QED) is 0.385. The van der Waals surface area contributed by atoms with Gasteiger partial charge in [0.15, 0.2) is 0 Å². The minimum atomic E-state index is -0.437. The maximum Gasteiger partial charge on any atom is 0.251 e. The van der Waals surface area contributed by atoms with Crippen molar-refractivity contribution < 1.29 is 9.90 Å². The Kier molecular flexibility index (Phi) is 4.98. The molecule has 110 valence electrons. The largest absolute Gasteiger partial charge is 0.391 e. The average molecular weight is 277 g/mol. The number of amides is 1. The predicted octanol–water partition coefficient (Wildman–Crippen LogP) is 1.70. The molecule has 1 fully saturated rings. The van der Waals surface area contributed by atoms with Gasteiger partial charge in [-0.15, -0.1) is 0 Å². The van der Waals surface area contributed by atoms with Crippen molar-refractivity contribution >= 4 is 11.6 Å². The number of rotatable bonds is 3. The molecule has 0 aliphatic heterocycles. The summed E-state index contributed by atoms with van der Waals surface area (Å²) in [5.74, 6) is 5.24. The maximum absolute atomic E-state index is 12.2. The van der Waals surface area contributed by atoms with Gasteiger partial charge >= 0.3 is 0 Å². The molecule has 1 amide bonds. The third-order valence-corrected chi connectivity index (χ3v) is 3.94.